The second-order valence-electron chi connectivity index (χ2n) is 6.17. The molecular formula is C17H17F3N2O4. The molecule has 3 rings (SSSR count). The number of β-amino-alcohol motifs (C(OH)–C–C–N with tert-alkyl or cyclic N) is 1. The molecule has 0 bridgehead atoms. The maximum atomic E-state index is 13.1. The van der Waals surface area contributed by atoms with E-state index in [0.29, 0.717) is 13.0 Å². The van der Waals surface area contributed by atoms with Gasteiger partial charge in [0.15, 0.2) is 0 Å². The number of carbonyl (C=O) groups excluding carboxylic acids is 1. The molecule has 2 N–H and O–H groups in total. The van der Waals surface area contributed by atoms with Gasteiger partial charge in [-0.3, -0.25) is 4.79 Å². The number of alkyl halides is 3. The zero-order chi connectivity index (χ0) is 18.9. The number of rotatable bonds is 3. The molecule has 1 aliphatic rings. The van der Waals surface area contributed by atoms with Crippen molar-refractivity contribution in [3.8, 4) is 11.3 Å². The number of hydrogen-bond donors (Lipinski definition) is 2. The minimum absolute atomic E-state index is 0.0131. The molecule has 2 unspecified atom stereocenters. The fourth-order valence-electron chi connectivity index (χ4n) is 2.99. The van der Waals surface area contributed by atoms with Crippen molar-refractivity contribution >= 4 is 5.91 Å². The van der Waals surface area contributed by atoms with Crippen LogP contribution in [-0.2, 0) is 6.18 Å². The van der Waals surface area contributed by atoms with Crippen molar-refractivity contribution in [1.82, 2.24) is 10.1 Å². The van der Waals surface area contributed by atoms with Gasteiger partial charge in [0.05, 0.1) is 11.7 Å². The molecule has 9 heteroatoms. The lowest BCUT2D eigenvalue weighted by Crippen LogP contribution is -2.47. The van der Waals surface area contributed by atoms with E-state index in [-0.39, 0.29) is 36.1 Å². The standard InChI is InChI=1S/C17H17F3N2O4/c18-17(19,20)12-4-2-1-3-11(12)13-7-15(26-21-13)16(25)22-6-5-10(9-23)14(24)8-22/h1-4,7,10,14,23-24H,5-6,8-9H2. The summed E-state index contributed by atoms with van der Waals surface area (Å²) in [6.45, 7) is 0.138. The highest BCUT2D eigenvalue weighted by Gasteiger charge is 2.35. The van der Waals surface area contributed by atoms with Gasteiger partial charge >= 0.3 is 6.18 Å². The van der Waals surface area contributed by atoms with E-state index in [9.17, 15) is 23.1 Å². The third-order valence-corrected chi connectivity index (χ3v) is 4.47. The van der Waals surface area contributed by atoms with Crippen molar-refractivity contribution in [3.05, 3.63) is 41.7 Å². The Morgan fingerprint density at radius 1 is 1.35 bits per heavy atom. The Morgan fingerprint density at radius 2 is 2.08 bits per heavy atom. The molecule has 1 aliphatic heterocycles. The summed E-state index contributed by atoms with van der Waals surface area (Å²) in [5.41, 5.74) is -1.14. The molecule has 2 atom stereocenters. The van der Waals surface area contributed by atoms with E-state index in [1.54, 1.807) is 0 Å². The van der Waals surface area contributed by atoms with E-state index in [1.165, 1.54) is 23.1 Å². The van der Waals surface area contributed by atoms with E-state index in [4.69, 9.17) is 9.63 Å². The van der Waals surface area contributed by atoms with Gasteiger partial charge in [0, 0.05) is 37.2 Å². The van der Waals surface area contributed by atoms with Crippen LogP contribution in [0.2, 0.25) is 0 Å². The Kier molecular flexibility index (Phi) is 5.01. The van der Waals surface area contributed by atoms with Crippen molar-refractivity contribution < 1.29 is 32.7 Å². The molecule has 2 heterocycles. The molecule has 0 aliphatic carbocycles. The summed E-state index contributed by atoms with van der Waals surface area (Å²) in [5, 5.41) is 22.7. The van der Waals surface area contributed by atoms with Gasteiger partial charge in [0.2, 0.25) is 5.76 Å². The average Bonchev–Trinajstić information content (AvgIpc) is 3.10. The van der Waals surface area contributed by atoms with Gasteiger partial charge in [-0.2, -0.15) is 13.2 Å². The van der Waals surface area contributed by atoms with Crippen LogP contribution in [0, 0.1) is 5.92 Å². The monoisotopic (exact) mass is 370 g/mol. The fraction of sp³-hybridized carbons (Fsp3) is 0.412. The van der Waals surface area contributed by atoms with Crippen LogP contribution in [0.15, 0.2) is 34.9 Å². The molecule has 1 saturated heterocycles. The molecule has 6 nitrogen and oxygen atoms in total. The summed E-state index contributed by atoms with van der Waals surface area (Å²) in [7, 11) is 0. The summed E-state index contributed by atoms with van der Waals surface area (Å²) in [4.78, 5) is 13.8. The number of likely N-dealkylation sites (tertiary alicyclic amines) is 1. The highest BCUT2D eigenvalue weighted by Crippen LogP contribution is 2.36. The van der Waals surface area contributed by atoms with Crippen molar-refractivity contribution in [2.24, 2.45) is 5.92 Å². The molecule has 26 heavy (non-hydrogen) atoms. The second-order valence-corrected chi connectivity index (χ2v) is 6.17. The van der Waals surface area contributed by atoms with Crippen LogP contribution in [0.4, 0.5) is 13.2 Å². The van der Waals surface area contributed by atoms with Gasteiger partial charge in [0.1, 0.15) is 5.69 Å². The molecule has 1 amide bonds. The number of halogens is 3. The number of aliphatic hydroxyl groups excluding tert-OH is 2. The average molecular weight is 370 g/mol. The van der Waals surface area contributed by atoms with Gasteiger partial charge in [0.25, 0.3) is 5.91 Å². The Bertz CT molecular complexity index is 790. The zero-order valence-electron chi connectivity index (χ0n) is 13.6. The van der Waals surface area contributed by atoms with E-state index < -0.39 is 23.8 Å². The highest BCUT2D eigenvalue weighted by molar-refractivity contribution is 5.92. The van der Waals surface area contributed by atoms with Crippen molar-refractivity contribution in [1.29, 1.82) is 0 Å². The first-order chi connectivity index (χ1) is 12.3. The van der Waals surface area contributed by atoms with E-state index in [0.717, 1.165) is 12.1 Å². The maximum Gasteiger partial charge on any atom is 0.417 e. The van der Waals surface area contributed by atoms with Crippen LogP contribution < -0.4 is 0 Å². The highest BCUT2D eigenvalue weighted by atomic mass is 19.4. The number of nitrogens with zero attached hydrogens (tertiary/aromatic N) is 2. The van der Waals surface area contributed by atoms with Crippen LogP contribution in [-0.4, -0.2) is 52.0 Å². The first-order valence-electron chi connectivity index (χ1n) is 8.02. The number of hydrogen-bond acceptors (Lipinski definition) is 5. The molecule has 1 aromatic carbocycles. The van der Waals surface area contributed by atoms with Crippen molar-refractivity contribution in [2.45, 2.75) is 18.7 Å². The number of aromatic nitrogens is 1. The Morgan fingerprint density at radius 3 is 2.73 bits per heavy atom. The molecule has 0 radical (unpaired) electrons. The topological polar surface area (TPSA) is 86.8 Å². The second kappa shape index (κ2) is 7.08. The van der Waals surface area contributed by atoms with Crippen LogP contribution in [0.1, 0.15) is 22.5 Å². The van der Waals surface area contributed by atoms with Gasteiger partial charge in [-0.15, -0.1) is 0 Å². The molecule has 0 saturated carbocycles. The lowest BCUT2D eigenvalue weighted by Gasteiger charge is -2.34. The van der Waals surface area contributed by atoms with Gasteiger partial charge in [-0.1, -0.05) is 23.4 Å². The largest absolute Gasteiger partial charge is 0.417 e. The molecule has 2 aromatic rings. The third kappa shape index (κ3) is 3.58. The number of aliphatic hydroxyl groups is 2. The summed E-state index contributed by atoms with van der Waals surface area (Å²) in [6.07, 6.45) is -5.01. The fourth-order valence-corrected chi connectivity index (χ4v) is 2.99. The number of carbonyl (C=O) groups is 1. The predicted molar refractivity (Wildman–Crippen MR) is 84.0 cm³/mol. The first-order valence-corrected chi connectivity index (χ1v) is 8.02. The Hall–Kier alpha value is -2.39. The van der Waals surface area contributed by atoms with Crippen LogP contribution in [0.3, 0.4) is 0 Å². The number of amides is 1. The molecule has 0 spiro atoms. The van der Waals surface area contributed by atoms with Crippen molar-refractivity contribution in [3.63, 3.8) is 0 Å². The number of piperidine rings is 1. The minimum atomic E-state index is -4.56. The number of benzene rings is 1. The van der Waals surface area contributed by atoms with Crippen LogP contribution >= 0.6 is 0 Å². The molecule has 1 fully saturated rings. The normalized spacial score (nSPS) is 21.0. The predicted octanol–water partition coefficient (Wildman–Crippen LogP) is 2.18. The van der Waals surface area contributed by atoms with Gasteiger partial charge in [-0.05, 0) is 12.5 Å². The Labute approximate surface area is 146 Å². The summed E-state index contributed by atoms with van der Waals surface area (Å²) >= 11 is 0. The maximum absolute atomic E-state index is 13.1. The van der Waals surface area contributed by atoms with Crippen LogP contribution in [0.25, 0.3) is 11.3 Å². The zero-order valence-corrected chi connectivity index (χ0v) is 13.6. The summed E-state index contributed by atoms with van der Waals surface area (Å²) in [6, 6.07) is 6.06. The summed E-state index contributed by atoms with van der Waals surface area (Å²) in [5.74, 6) is -1.07. The van der Waals surface area contributed by atoms with E-state index in [1.807, 2.05) is 0 Å². The van der Waals surface area contributed by atoms with Crippen molar-refractivity contribution in [2.75, 3.05) is 19.7 Å². The van der Waals surface area contributed by atoms with Crippen LogP contribution in [0.5, 0.6) is 0 Å². The lowest BCUT2D eigenvalue weighted by molar-refractivity contribution is -0.137. The quantitative estimate of drug-likeness (QED) is 0.865. The third-order valence-electron chi connectivity index (χ3n) is 4.47. The molecule has 1 aromatic heterocycles. The molecular weight excluding hydrogens is 353 g/mol. The smallest absolute Gasteiger partial charge is 0.396 e. The van der Waals surface area contributed by atoms with E-state index in [2.05, 4.69) is 5.16 Å². The summed E-state index contributed by atoms with van der Waals surface area (Å²) < 4.78 is 44.3. The molecule has 140 valence electrons. The lowest BCUT2D eigenvalue weighted by atomic mass is 9.94. The minimum Gasteiger partial charge on any atom is -0.396 e. The SMILES string of the molecule is O=C(c1cc(-c2ccccc2C(F)(F)F)no1)N1CCC(CO)C(O)C1. The van der Waals surface area contributed by atoms with Gasteiger partial charge < -0.3 is 19.6 Å². The van der Waals surface area contributed by atoms with Gasteiger partial charge in [-0.25, -0.2) is 0 Å². The first kappa shape index (κ1) is 18.4. The van der Waals surface area contributed by atoms with E-state index >= 15 is 0 Å². The Balaban J connectivity index is 1.82.